The van der Waals surface area contributed by atoms with Crippen LogP contribution in [0, 0.1) is 12.8 Å². The maximum absolute atomic E-state index is 13.0. The van der Waals surface area contributed by atoms with Gasteiger partial charge in [-0.25, -0.2) is 0 Å². The van der Waals surface area contributed by atoms with E-state index in [1.807, 2.05) is 37.3 Å². The molecule has 27 heavy (non-hydrogen) atoms. The third-order valence-corrected chi connectivity index (χ3v) is 5.21. The van der Waals surface area contributed by atoms with E-state index in [0.717, 1.165) is 31.2 Å². The molecule has 0 spiro atoms. The van der Waals surface area contributed by atoms with Crippen LogP contribution in [0.25, 0.3) is 0 Å². The van der Waals surface area contributed by atoms with Gasteiger partial charge in [-0.3, -0.25) is 10.1 Å². The van der Waals surface area contributed by atoms with Gasteiger partial charge in [-0.05, 0) is 44.1 Å². The van der Waals surface area contributed by atoms with Gasteiger partial charge in [0.25, 0.3) is 0 Å². The number of nitrogens with zero attached hydrogens (tertiary/aromatic N) is 2. The summed E-state index contributed by atoms with van der Waals surface area (Å²) in [6.07, 6.45) is 3.90. The molecule has 2 fully saturated rings. The standard InChI is InChI=1S/C20H26N4O3/c1-13-21-20(27-24-13)18(15-9-11-26-12-10-15)23-17(14-5-3-2-4-6-14)19(25)22-16-7-8-16/h2-6,15-18,23H,7-12H2,1H3,(H,22,25)/t17-,18+/m0/s1. The van der Waals surface area contributed by atoms with Crippen LogP contribution in [0.2, 0.25) is 0 Å². The smallest absolute Gasteiger partial charge is 0.244 e. The van der Waals surface area contributed by atoms with Crippen LogP contribution in [0.5, 0.6) is 0 Å². The van der Waals surface area contributed by atoms with Crippen LogP contribution < -0.4 is 10.6 Å². The van der Waals surface area contributed by atoms with Crippen LogP contribution in [0.15, 0.2) is 34.9 Å². The Morgan fingerprint density at radius 1 is 1.15 bits per heavy atom. The van der Waals surface area contributed by atoms with E-state index in [1.165, 1.54) is 0 Å². The highest BCUT2D eigenvalue weighted by Gasteiger charge is 2.35. The molecule has 2 aromatic rings. The zero-order valence-electron chi connectivity index (χ0n) is 15.6. The summed E-state index contributed by atoms with van der Waals surface area (Å²) in [4.78, 5) is 17.4. The minimum Gasteiger partial charge on any atom is -0.381 e. The van der Waals surface area contributed by atoms with Crippen LogP contribution in [0.1, 0.15) is 55.0 Å². The van der Waals surface area contributed by atoms with Gasteiger partial charge in [0.05, 0.1) is 6.04 Å². The first kappa shape index (κ1) is 18.1. The Morgan fingerprint density at radius 2 is 1.89 bits per heavy atom. The fourth-order valence-corrected chi connectivity index (χ4v) is 3.56. The number of aromatic nitrogens is 2. The summed E-state index contributed by atoms with van der Waals surface area (Å²) < 4.78 is 11.0. The lowest BCUT2D eigenvalue weighted by Crippen LogP contribution is -2.43. The molecule has 1 saturated carbocycles. The van der Waals surface area contributed by atoms with Crippen LogP contribution in [-0.4, -0.2) is 35.3 Å². The molecule has 1 aliphatic carbocycles. The monoisotopic (exact) mass is 370 g/mol. The molecular weight excluding hydrogens is 344 g/mol. The Morgan fingerprint density at radius 3 is 2.52 bits per heavy atom. The predicted octanol–water partition coefficient (Wildman–Crippen LogP) is 2.46. The summed E-state index contributed by atoms with van der Waals surface area (Å²) in [5, 5.41) is 10.6. The minimum atomic E-state index is -0.466. The molecule has 4 rings (SSSR count). The molecule has 0 unspecified atom stereocenters. The highest BCUT2D eigenvalue weighted by molar-refractivity contribution is 5.83. The van der Waals surface area contributed by atoms with E-state index in [1.54, 1.807) is 0 Å². The van der Waals surface area contributed by atoms with E-state index in [-0.39, 0.29) is 17.9 Å². The molecule has 2 atom stereocenters. The topological polar surface area (TPSA) is 89.3 Å². The molecule has 1 aromatic heterocycles. The number of aryl methyl sites for hydroxylation is 1. The number of hydrogen-bond acceptors (Lipinski definition) is 6. The lowest BCUT2D eigenvalue weighted by molar-refractivity contribution is -0.124. The molecule has 2 aliphatic rings. The average molecular weight is 370 g/mol. The van der Waals surface area contributed by atoms with Crippen molar-refractivity contribution in [2.45, 2.75) is 50.7 Å². The Bertz CT molecular complexity index is 754. The zero-order chi connectivity index (χ0) is 18.6. The summed E-state index contributed by atoms with van der Waals surface area (Å²) in [6.45, 7) is 3.23. The molecule has 0 radical (unpaired) electrons. The molecule has 1 saturated heterocycles. The van der Waals surface area contributed by atoms with Crippen molar-refractivity contribution < 1.29 is 14.1 Å². The maximum Gasteiger partial charge on any atom is 0.244 e. The van der Waals surface area contributed by atoms with Crippen LogP contribution in [-0.2, 0) is 9.53 Å². The van der Waals surface area contributed by atoms with Gasteiger partial charge in [0.1, 0.15) is 6.04 Å². The van der Waals surface area contributed by atoms with Crippen molar-refractivity contribution in [1.82, 2.24) is 20.8 Å². The number of amides is 1. The second-order valence-corrected chi connectivity index (χ2v) is 7.40. The Balaban J connectivity index is 1.61. The number of hydrogen-bond donors (Lipinski definition) is 2. The summed E-state index contributed by atoms with van der Waals surface area (Å²) in [5.41, 5.74) is 0.934. The molecule has 7 heteroatoms. The molecule has 1 aliphatic heterocycles. The zero-order valence-corrected chi connectivity index (χ0v) is 15.6. The predicted molar refractivity (Wildman–Crippen MR) is 98.8 cm³/mol. The van der Waals surface area contributed by atoms with E-state index in [0.29, 0.717) is 31.0 Å². The van der Waals surface area contributed by atoms with E-state index < -0.39 is 6.04 Å². The van der Waals surface area contributed by atoms with Gasteiger partial charge in [-0.2, -0.15) is 4.98 Å². The SMILES string of the molecule is Cc1noc([C@H](N[C@H](C(=O)NC2CC2)c2ccccc2)C2CCOCC2)n1. The fourth-order valence-electron chi connectivity index (χ4n) is 3.56. The van der Waals surface area contributed by atoms with Gasteiger partial charge in [-0.15, -0.1) is 0 Å². The third-order valence-electron chi connectivity index (χ3n) is 5.21. The lowest BCUT2D eigenvalue weighted by atomic mass is 9.90. The van der Waals surface area contributed by atoms with Gasteiger partial charge >= 0.3 is 0 Å². The Hall–Kier alpha value is -2.25. The second kappa shape index (κ2) is 8.19. The first-order chi connectivity index (χ1) is 13.2. The fraction of sp³-hybridized carbons (Fsp3) is 0.550. The lowest BCUT2D eigenvalue weighted by Gasteiger charge is -2.31. The van der Waals surface area contributed by atoms with E-state index in [9.17, 15) is 4.79 Å². The Kier molecular flexibility index (Phi) is 5.50. The van der Waals surface area contributed by atoms with Crippen molar-refractivity contribution in [3.05, 3.63) is 47.6 Å². The summed E-state index contributed by atoms with van der Waals surface area (Å²) >= 11 is 0. The number of carbonyl (C=O) groups is 1. The van der Waals surface area contributed by atoms with E-state index >= 15 is 0 Å². The molecule has 2 N–H and O–H groups in total. The minimum absolute atomic E-state index is 0.00278. The van der Waals surface area contributed by atoms with E-state index in [2.05, 4.69) is 20.8 Å². The van der Waals surface area contributed by atoms with Crippen LogP contribution >= 0.6 is 0 Å². The molecule has 7 nitrogen and oxygen atoms in total. The van der Waals surface area contributed by atoms with Crippen molar-refractivity contribution in [1.29, 1.82) is 0 Å². The largest absolute Gasteiger partial charge is 0.381 e. The maximum atomic E-state index is 13.0. The number of rotatable bonds is 7. The first-order valence-corrected chi connectivity index (χ1v) is 9.70. The summed E-state index contributed by atoms with van der Waals surface area (Å²) in [5.74, 6) is 1.41. The van der Waals surface area contributed by atoms with Crippen LogP contribution in [0.3, 0.4) is 0 Å². The number of carbonyl (C=O) groups excluding carboxylic acids is 1. The molecule has 1 amide bonds. The normalized spacial score (nSPS) is 20.2. The molecule has 144 valence electrons. The molecule has 2 heterocycles. The van der Waals surface area contributed by atoms with Gasteiger partial charge in [-0.1, -0.05) is 35.5 Å². The quantitative estimate of drug-likeness (QED) is 0.778. The molecular formula is C20H26N4O3. The van der Waals surface area contributed by atoms with Gasteiger partial charge < -0.3 is 14.6 Å². The van der Waals surface area contributed by atoms with Crippen LogP contribution in [0.4, 0.5) is 0 Å². The number of benzene rings is 1. The van der Waals surface area contributed by atoms with Crippen molar-refractivity contribution >= 4 is 5.91 Å². The van der Waals surface area contributed by atoms with Crippen molar-refractivity contribution in [2.75, 3.05) is 13.2 Å². The van der Waals surface area contributed by atoms with Crippen molar-refractivity contribution in [3.8, 4) is 0 Å². The average Bonchev–Trinajstić information content (AvgIpc) is 3.41. The van der Waals surface area contributed by atoms with Crippen molar-refractivity contribution in [3.63, 3.8) is 0 Å². The Labute approximate surface area is 158 Å². The van der Waals surface area contributed by atoms with Crippen molar-refractivity contribution in [2.24, 2.45) is 5.92 Å². The summed E-state index contributed by atoms with van der Waals surface area (Å²) in [6, 6.07) is 9.46. The highest BCUT2D eigenvalue weighted by Crippen LogP contribution is 2.32. The summed E-state index contributed by atoms with van der Waals surface area (Å²) in [7, 11) is 0. The first-order valence-electron chi connectivity index (χ1n) is 9.70. The highest BCUT2D eigenvalue weighted by atomic mass is 16.5. The number of nitrogens with one attached hydrogen (secondary N) is 2. The molecule has 0 bridgehead atoms. The van der Waals surface area contributed by atoms with Gasteiger partial charge in [0.15, 0.2) is 5.82 Å². The second-order valence-electron chi connectivity index (χ2n) is 7.40. The number of ether oxygens (including phenoxy) is 1. The molecule has 1 aromatic carbocycles. The van der Waals surface area contributed by atoms with Gasteiger partial charge in [0.2, 0.25) is 11.8 Å². The van der Waals surface area contributed by atoms with E-state index in [4.69, 9.17) is 9.26 Å². The third kappa shape index (κ3) is 4.54. The van der Waals surface area contributed by atoms with Gasteiger partial charge in [0, 0.05) is 19.3 Å².